The van der Waals surface area contributed by atoms with Crippen molar-refractivity contribution in [1.29, 1.82) is 0 Å². The van der Waals surface area contributed by atoms with Crippen LogP contribution in [0, 0.1) is 0 Å². The van der Waals surface area contributed by atoms with Crippen LogP contribution in [0.25, 0.3) is 0 Å². The Hall–Kier alpha value is -2.82. The van der Waals surface area contributed by atoms with Crippen molar-refractivity contribution in [1.82, 2.24) is 15.5 Å². The number of imide groups is 1. The minimum absolute atomic E-state index is 0.0501. The Morgan fingerprint density at radius 2 is 1.96 bits per heavy atom. The molecule has 1 atom stereocenters. The lowest BCUT2D eigenvalue weighted by molar-refractivity contribution is -0.137. The number of anilines is 1. The van der Waals surface area contributed by atoms with Gasteiger partial charge in [0.05, 0.1) is 17.1 Å². The maximum atomic E-state index is 12.8. The summed E-state index contributed by atoms with van der Waals surface area (Å²) in [6.07, 6.45) is -4.73. The zero-order valence-electron chi connectivity index (χ0n) is 14.5. The Balaban J connectivity index is 1.87. The fourth-order valence-corrected chi connectivity index (χ4v) is 2.67. The molecule has 0 unspecified atom stereocenters. The van der Waals surface area contributed by atoms with Gasteiger partial charge in [0.15, 0.2) is 0 Å². The SMILES string of the molecule is CN(CC(=O)Nc1ccc(Cl)c(C(F)(F)F)c1)C(=O)CC[C@@H]1NC(=O)NC1=O. The number of hydrogen-bond donors (Lipinski definition) is 3. The third-order valence-electron chi connectivity index (χ3n) is 3.87. The molecule has 0 bridgehead atoms. The van der Waals surface area contributed by atoms with E-state index in [4.69, 9.17) is 11.6 Å². The van der Waals surface area contributed by atoms with E-state index >= 15 is 0 Å². The van der Waals surface area contributed by atoms with E-state index in [0.29, 0.717) is 6.07 Å². The van der Waals surface area contributed by atoms with Gasteiger partial charge in [-0.15, -0.1) is 0 Å². The molecule has 12 heteroatoms. The summed E-state index contributed by atoms with van der Waals surface area (Å²) >= 11 is 5.51. The Morgan fingerprint density at radius 1 is 1.29 bits per heavy atom. The van der Waals surface area contributed by atoms with Gasteiger partial charge >= 0.3 is 12.2 Å². The molecule has 1 fully saturated rings. The minimum Gasteiger partial charge on any atom is -0.336 e. The standard InChI is InChI=1S/C16H16ClF3N4O4/c1-24(13(26)5-4-11-14(27)23-15(28)22-11)7-12(25)21-8-2-3-10(17)9(6-8)16(18,19)20/h2-3,6,11H,4-5,7H2,1H3,(H,21,25)(H2,22,23,27,28)/t11-/m0/s1. The smallest absolute Gasteiger partial charge is 0.336 e. The van der Waals surface area contributed by atoms with E-state index in [1.807, 2.05) is 5.32 Å². The zero-order chi connectivity index (χ0) is 21.1. The van der Waals surface area contributed by atoms with Crippen LogP contribution in [0.5, 0.6) is 0 Å². The van der Waals surface area contributed by atoms with Crippen LogP contribution < -0.4 is 16.0 Å². The number of rotatable bonds is 6. The fourth-order valence-electron chi connectivity index (χ4n) is 2.45. The first-order valence-electron chi connectivity index (χ1n) is 7.99. The predicted molar refractivity (Wildman–Crippen MR) is 92.4 cm³/mol. The summed E-state index contributed by atoms with van der Waals surface area (Å²) in [7, 11) is 1.33. The molecule has 1 heterocycles. The molecule has 3 N–H and O–H groups in total. The van der Waals surface area contributed by atoms with Crippen LogP contribution >= 0.6 is 11.6 Å². The Kier molecular flexibility index (Phi) is 6.49. The lowest BCUT2D eigenvalue weighted by atomic mass is 10.1. The van der Waals surface area contributed by atoms with Crippen molar-refractivity contribution in [3.8, 4) is 0 Å². The average molecular weight is 421 g/mol. The molecule has 8 nitrogen and oxygen atoms in total. The van der Waals surface area contributed by atoms with Crippen LogP contribution in [0.1, 0.15) is 18.4 Å². The monoisotopic (exact) mass is 420 g/mol. The van der Waals surface area contributed by atoms with Gasteiger partial charge < -0.3 is 15.5 Å². The van der Waals surface area contributed by atoms with Gasteiger partial charge in [-0.2, -0.15) is 13.2 Å². The zero-order valence-corrected chi connectivity index (χ0v) is 15.3. The first-order valence-corrected chi connectivity index (χ1v) is 8.37. The topological polar surface area (TPSA) is 108 Å². The largest absolute Gasteiger partial charge is 0.417 e. The molecule has 0 aromatic heterocycles. The number of alkyl halides is 3. The van der Waals surface area contributed by atoms with Crippen LogP contribution in [0.3, 0.4) is 0 Å². The molecule has 0 aliphatic carbocycles. The Morgan fingerprint density at radius 3 is 2.54 bits per heavy atom. The van der Waals surface area contributed by atoms with Crippen LogP contribution in [-0.4, -0.2) is 48.3 Å². The van der Waals surface area contributed by atoms with Crippen LogP contribution in [-0.2, 0) is 20.6 Å². The number of carbonyl (C=O) groups is 4. The van der Waals surface area contributed by atoms with Crippen LogP contribution in [0.4, 0.5) is 23.7 Å². The number of carbonyl (C=O) groups excluding carboxylic acids is 4. The number of nitrogens with one attached hydrogen (secondary N) is 3. The van der Waals surface area contributed by atoms with Gasteiger partial charge in [-0.25, -0.2) is 4.79 Å². The summed E-state index contributed by atoms with van der Waals surface area (Å²) in [6.45, 7) is -0.411. The number of likely N-dealkylation sites (N-methyl/N-ethyl adjacent to an activating group) is 1. The number of hydrogen-bond acceptors (Lipinski definition) is 4. The summed E-state index contributed by atoms with van der Waals surface area (Å²) < 4.78 is 38.5. The molecule has 28 heavy (non-hydrogen) atoms. The van der Waals surface area contributed by atoms with E-state index in [-0.39, 0.29) is 18.5 Å². The molecular weight excluding hydrogens is 405 g/mol. The van der Waals surface area contributed by atoms with Crippen molar-refractivity contribution >= 4 is 41.0 Å². The maximum Gasteiger partial charge on any atom is 0.417 e. The van der Waals surface area contributed by atoms with Crippen molar-refractivity contribution in [2.24, 2.45) is 0 Å². The molecule has 1 aromatic carbocycles. The summed E-state index contributed by atoms with van der Waals surface area (Å²) in [4.78, 5) is 47.5. The third-order valence-corrected chi connectivity index (χ3v) is 4.20. The average Bonchev–Trinajstić information content (AvgIpc) is 2.90. The van der Waals surface area contributed by atoms with Gasteiger partial charge in [0, 0.05) is 19.2 Å². The lowest BCUT2D eigenvalue weighted by Gasteiger charge is -2.18. The highest BCUT2D eigenvalue weighted by atomic mass is 35.5. The summed E-state index contributed by atoms with van der Waals surface area (Å²) in [5, 5.41) is 6.14. The number of urea groups is 1. The highest BCUT2D eigenvalue weighted by Gasteiger charge is 2.33. The molecule has 1 saturated heterocycles. The Bertz CT molecular complexity index is 816. The molecule has 1 aromatic rings. The van der Waals surface area contributed by atoms with Crippen molar-refractivity contribution < 1.29 is 32.3 Å². The molecule has 5 amide bonds. The lowest BCUT2D eigenvalue weighted by Crippen LogP contribution is -2.36. The van der Waals surface area contributed by atoms with Gasteiger partial charge in [0.2, 0.25) is 11.8 Å². The van der Waals surface area contributed by atoms with Gasteiger partial charge in [-0.3, -0.25) is 19.7 Å². The van der Waals surface area contributed by atoms with E-state index in [1.54, 1.807) is 0 Å². The maximum absolute atomic E-state index is 12.8. The quantitative estimate of drug-likeness (QED) is 0.609. The Labute approximate surface area is 162 Å². The highest BCUT2D eigenvalue weighted by molar-refractivity contribution is 6.31. The second-order valence-electron chi connectivity index (χ2n) is 6.04. The van der Waals surface area contributed by atoms with Crippen molar-refractivity contribution in [3.63, 3.8) is 0 Å². The van der Waals surface area contributed by atoms with E-state index in [1.165, 1.54) is 13.1 Å². The van der Waals surface area contributed by atoms with E-state index in [0.717, 1.165) is 11.0 Å². The van der Waals surface area contributed by atoms with E-state index in [2.05, 4.69) is 10.6 Å². The molecule has 152 valence electrons. The number of amides is 5. The van der Waals surface area contributed by atoms with Gasteiger partial charge in [0.25, 0.3) is 5.91 Å². The van der Waals surface area contributed by atoms with Crippen molar-refractivity contribution in [3.05, 3.63) is 28.8 Å². The van der Waals surface area contributed by atoms with Gasteiger partial charge in [0.1, 0.15) is 6.04 Å². The van der Waals surface area contributed by atoms with Crippen LogP contribution in [0.15, 0.2) is 18.2 Å². The molecule has 2 rings (SSSR count). The first-order chi connectivity index (χ1) is 13.0. The van der Waals surface area contributed by atoms with Gasteiger partial charge in [-0.1, -0.05) is 11.6 Å². The molecule has 1 aliphatic heterocycles. The molecule has 0 radical (unpaired) electrons. The summed E-state index contributed by atoms with van der Waals surface area (Å²) in [5.74, 6) is -1.73. The van der Waals surface area contributed by atoms with Crippen molar-refractivity contribution in [2.75, 3.05) is 18.9 Å². The molecule has 0 saturated carbocycles. The molecule has 0 spiro atoms. The minimum atomic E-state index is -4.67. The second kappa shape index (κ2) is 8.46. The molecular formula is C16H16ClF3N4O4. The highest BCUT2D eigenvalue weighted by Crippen LogP contribution is 2.36. The fraction of sp³-hybridized carbons (Fsp3) is 0.375. The van der Waals surface area contributed by atoms with E-state index in [9.17, 15) is 32.3 Å². The first kappa shape index (κ1) is 21.5. The third kappa shape index (κ3) is 5.59. The number of nitrogens with zero attached hydrogens (tertiary/aromatic N) is 1. The summed E-state index contributed by atoms with van der Waals surface area (Å²) in [6, 6.07) is 1.45. The normalized spacial score (nSPS) is 16.4. The van der Waals surface area contributed by atoms with Crippen molar-refractivity contribution in [2.45, 2.75) is 25.1 Å². The van der Waals surface area contributed by atoms with Gasteiger partial charge in [-0.05, 0) is 24.6 Å². The number of halogens is 4. The predicted octanol–water partition coefficient (Wildman–Crippen LogP) is 1.74. The second-order valence-corrected chi connectivity index (χ2v) is 6.45. The van der Waals surface area contributed by atoms with Crippen LogP contribution in [0.2, 0.25) is 5.02 Å². The number of benzene rings is 1. The molecule has 1 aliphatic rings. The summed E-state index contributed by atoms with van der Waals surface area (Å²) in [5.41, 5.74) is -1.21. The van der Waals surface area contributed by atoms with E-state index < -0.39 is 53.1 Å².